The van der Waals surface area contributed by atoms with Crippen molar-refractivity contribution < 1.29 is 14.0 Å². The van der Waals surface area contributed by atoms with Gasteiger partial charge in [-0.2, -0.15) is 0 Å². The highest BCUT2D eigenvalue weighted by atomic mass is 32.1. The van der Waals surface area contributed by atoms with Crippen LogP contribution in [0.15, 0.2) is 91.0 Å². The van der Waals surface area contributed by atoms with E-state index in [1.165, 1.54) is 28.5 Å². The zero-order valence-corrected chi connectivity index (χ0v) is 26.0. The van der Waals surface area contributed by atoms with E-state index >= 15 is 0 Å². The first-order valence-corrected chi connectivity index (χ1v) is 16.1. The van der Waals surface area contributed by atoms with E-state index in [1.54, 1.807) is 30.0 Å². The third kappa shape index (κ3) is 5.73. The maximum absolute atomic E-state index is 14.4. The minimum absolute atomic E-state index is 0.154. The first-order valence-electron chi connectivity index (χ1n) is 15.3. The van der Waals surface area contributed by atoms with Crippen molar-refractivity contribution in [2.75, 3.05) is 21.7 Å². The molecule has 0 radical (unpaired) electrons. The average Bonchev–Trinajstić information content (AvgIpc) is 3.83. The summed E-state index contributed by atoms with van der Waals surface area (Å²) in [6, 6.07) is 28.9. The number of amides is 2. The number of carbonyl (C=O) groups excluding carboxylic acids is 2. The quantitative estimate of drug-likeness (QED) is 0.200. The SMILES string of the molecule is Cc1ccccc1CN(c1cccc(C(=O)N2CCc3cc(C(=O)Nc4c(C)cccc4F)sc3-c3ccccc32)n1)C1CC1. The lowest BCUT2D eigenvalue weighted by atomic mass is 10.1. The predicted molar refractivity (Wildman–Crippen MR) is 179 cm³/mol. The number of pyridine rings is 1. The number of anilines is 3. The number of aryl methyl sites for hydroxylation is 2. The van der Waals surface area contributed by atoms with Crippen molar-refractivity contribution in [2.24, 2.45) is 0 Å². The Morgan fingerprint density at radius 1 is 0.956 bits per heavy atom. The number of fused-ring (bicyclic) bond motifs is 3. The van der Waals surface area contributed by atoms with E-state index in [0.717, 1.165) is 46.9 Å². The van der Waals surface area contributed by atoms with Crippen LogP contribution in [0.2, 0.25) is 0 Å². The van der Waals surface area contributed by atoms with Crippen molar-refractivity contribution in [3.05, 3.63) is 130 Å². The normalized spacial score (nSPS) is 13.9. The van der Waals surface area contributed by atoms with Gasteiger partial charge in [-0.05, 0) is 85.7 Å². The molecule has 0 unspecified atom stereocenters. The Morgan fingerprint density at radius 3 is 2.51 bits per heavy atom. The van der Waals surface area contributed by atoms with Crippen LogP contribution in [0.25, 0.3) is 10.4 Å². The van der Waals surface area contributed by atoms with Crippen LogP contribution in [0.3, 0.4) is 0 Å². The Hall–Kier alpha value is -4.82. The van der Waals surface area contributed by atoms with Gasteiger partial charge in [0.2, 0.25) is 0 Å². The second kappa shape index (κ2) is 11.9. The summed E-state index contributed by atoms with van der Waals surface area (Å²) in [7, 11) is 0. The molecule has 3 aromatic carbocycles. The van der Waals surface area contributed by atoms with Crippen molar-refractivity contribution in [1.29, 1.82) is 0 Å². The summed E-state index contributed by atoms with van der Waals surface area (Å²) in [4.78, 5) is 37.9. The summed E-state index contributed by atoms with van der Waals surface area (Å²) in [6.07, 6.45) is 2.81. The van der Waals surface area contributed by atoms with Gasteiger partial charge in [-0.25, -0.2) is 9.37 Å². The van der Waals surface area contributed by atoms with Gasteiger partial charge >= 0.3 is 0 Å². The summed E-state index contributed by atoms with van der Waals surface area (Å²) in [5, 5.41) is 2.76. The number of aromatic nitrogens is 1. The molecule has 0 bridgehead atoms. The standard InChI is InChI=1S/C37H33FN4O2S/c1-23-9-3-4-11-26(23)22-42(27-17-18-27)33-16-8-14-30(39-33)37(44)41-20-19-25-21-32(45-35(25)28-12-5-6-15-31(28)41)36(43)40-34-24(2)10-7-13-29(34)38/h3-16,21,27H,17-20,22H2,1-2H3,(H,40,43). The largest absolute Gasteiger partial charge is 0.349 e. The second-order valence-corrected chi connectivity index (χ2v) is 12.8. The molecular weight excluding hydrogens is 583 g/mol. The van der Waals surface area contributed by atoms with Crippen molar-refractivity contribution >= 4 is 40.3 Å². The molecule has 5 aromatic rings. The van der Waals surface area contributed by atoms with E-state index in [-0.39, 0.29) is 17.5 Å². The van der Waals surface area contributed by atoms with Crippen LogP contribution in [0.4, 0.5) is 21.6 Å². The fraction of sp³-hybridized carbons (Fsp3) is 0.216. The van der Waals surface area contributed by atoms with Crippen LogP contribution < -0.4 is 15.1 Å². The average molecular weight is 617 g/mol. The molecule has 1 saturated carbocycles. The summed E-state index contributed by atoms with van der Waals surface area (Å²) >= 11 is 1.36. The van der Waals surface area contributed by atoms with Crippen LogP contribution in [0, 0.1) is 19.7 Å². The molecule has 2 aliphatic rings. The van der Waals surface area contributed by atoms with Gasteiger partial charge in [-0.1, -0.05) is 60.7 Å². The van der Waals surface area contributed by atoms with Crippen molar-refractivity contribution in [3.63, 3.8) is 0 Å². The van der Waals surface area contributed by atoms with Crippen LogP contribution in [-0.2, 0) is 13.0 Å². The Balaban J connectivity index is 1.17. The van der Waals surface area contributed by atoms with Gasteiger partial charge in [-0.3, -0.25) is 9.59 Å². The Labute approximate surface area is 266 Å². The van der Waals surface area contributed by atoms with Crippen molar-refractivity contribution in [2.45, 2.75) is 45.7 Å². The number of hydrogen-bond acceptors (Lipinski definition) is 5. The van der Waals surface area contributed by atoms with Gasteiger partial charge in [0.25, 0.3) is 11.8 Å². The number of thiophene rings is 1. The van der Waals surface area contributed by atoms with Gasteiger partial charge in [0, 0.05) is 29.6 Å². The molecule has 45 heavy (non-hydrogen) atoms. The number of para-hydroxylation sites is 2. The summed E-state index contributed by atoms with van der Waals surface area (Å²) in [5.41, 5.74) is 6.41. The molecule has 1 N–H and O–H groups in total. The summed E-state index contributed by atoms with van der Waals surface area (Å²) in [6.45, 7) is 5.08. The van der Waals surface area contributed by atoms with E-state index in [0.29, 0.717) is 35.1 Å². The molecule has 1 fully saturated rings. The molecule has 1 aliphatic heterocycles. The maximum atomic E-state index is 14.4. The maximum Gasteiger partial charge on any atom is 0.276 e. The Bertz CT molecular complexity index is 1910. The number of carbonyl (C=O) groups is 2. The van der Waals surface area contributed by atoms with Crippen LogP contribution in [0.1, 0.15) is 55.3 Å². The van der Waals surface area contributed by atoms with Crippen molar-refractivity contribution in [3.8, 4) is 10.4 Å². The minimum atomic E-state index is -0.464. The van der Waals surface area contributed by atoms with E-state index in [4.69, 9.17) is 4.98 Å². The van der Waals surface area contributed by atoms with Gasteiger partial charge in [0.15, 0.2) is 0 Å². The van der Waals surface area contributed by atoms with E-state index in [2.05, 4.69) is 41.4 Å². The molecule has 2 amide bonds. The second-order valence-electron chi connectivity index (χ2n) is 11.7. The molecule has 2 aromatic heterocycles. The third-order valence-corrected chi connectivity index (χ3v) is 9.83. The lowest BCUT2D eigenvalue weighted by Gasteiger charge is -2.26. The van der Waals surface area contributed by atoms with Crippen LogP contribution in [-0.4, -0.2) is 29.4 Å². The van der Waals surface area contributed by atoms with Gasteiger partial charge < -0.3 is 15.1 Å². The molecule has 226 valence electrons. The first kappa shape index (κ1) is 28.9. The molecule has 0 saturated heterocycles. The minimum Gasteiger partial charge on any atom is -0.349 e. The highest BCUT2D eigenvalue weighted by Crippen LogP contribution is 2.42. The molecule has 0 atom stereocenters. The zero-order chi connectivity index (χ0) is 31.1. The lowest BCUT2D eigenvalue weighted by molar-refractivity contribution is 0.0981. The third-order valence-electron chi connectivity index (χ3n) is 8.62. The molecule has 6 nitrogen and oxygen atoms in total. The number of halogens is 1. The van der Waals surface area contributed by atoms with Gasteiger partial charge in [-0.15, -0.1) is 11.3 Å². The fourth-order valence-electron chi connectivity index (χ4n) is 5.98. The molecule has 8 heteroatoms. The highest BCUT2D eigenvalue weighted by molar-refractivity contribution is 7.17. The number of nitrogens with one attached hydrogen (secondary N) is 1. The van der Waals surface area contributed by atoms with Gasteiger partial charge in [0.05, 0.1) is 16.3 Å². The van der Waals surface area contributed by atoms with Gasteiger partial charge in [0.1, 0.15) is 17.3 Å². The predicted octanol–water partition coefficient (Wildman–Crippen LogP) is 8.19. The fourth-order valence-corrected chi connectivity index (χ4v) is 7.12. The molecule has 1 aliphatic carbocycles. The van der Waals surface area contributed by atoms with E-state index in [1.807, 2.05) is 42.5 Å². The monoisotopic (exact) mass is 616 g/mol. The molecule has 0 spiro atoms. The summed E-state index contributed by atoms with van der Waals surface area (Å²) < 4.78 is 14.4. The first-order chi connectivity index (χ1) is 21.9. The Morgan fingerprint density at radius 2 is 1.71 bits per heavy atom. The van der Waals surface area contributed by atoms with E-state index < -0.39 is 5.82 Å². The van der Waals surface area contributed by atoms with E-state index in [9.17, 15) is 14.0 Å². The molecule has 7 rings (SSSR count). The summed E-state index contributed by atoms with van der Waals surface area (Å²) in [5.74, 6) is -0.152. The zero-order valence-electron chi connectivity index (χ0n) is 25.2. The number of hydrogen-bond donors (Lipinski definition) is 1. The molecular formula is C37H33FN4O2S. The number of benzene rings is 3. The Kier molecular flexibility index (Phi) is 7.67. The number of nitrogens with zero attached hydrogens (tertiary/aromatic N) is 3. The lowest BCUT2D eigenvalue weighted by Crippen LogP contribution is -2.34. The smallest absolute Gasteiger partial charge is 0.276 e. The van der Waals surface area contributed by atoms with Crippen molar-refractivity contribution in [1.82, 2.24) is 4.98 Å². The highest BCUT2D eigenvalue weighted by Gasteiger charge is 2.32. The number of rotatable bonds is 7. The topological polar surface area (TPSA) is 65.5 Å². The van der Waals surface area contributed by atoms with Crippen LogP contribution in [0.5, 0.6) is 0 Å². The van der Waals surface area contributed by atoms with Crippen LogP contribution >= 0.6 is 11.3 Å². The molecule has 3 heterocycles.